The number of nitrogens with zero attached hydrogens (tertiary/aromatic N) is 9. The predicted octanol–water partition coefficient (Wildman–Crippen LogP) is 32.0. The van der Waals surface area contributed by atoms with Gasteiger partial charge < -0.3 is 0 Å². The van der Waals surface area contributed by atoms with Crippen molar-refractivity contribution in [1.29, 1.82) is 0 Å². The molecule has 18 aromatic carbocycles. The highest BCUT2D eigenvalue weighted by molar-refractivity contribution is 7.27. The van der Waals surface area contributed by atoms with Crippen LogP contribution in [-0.4, -0.2) is 43.8 Å². The number of pyridine rings is 3. The van der Waals surface area contributed by atoms with E-state index in [2.05, 4.69) is 437 Å². The number of benzene rings is 18. The van der Waals surface area contributed by atoms with Crippen molar-refractivity contribution in [3.8, 4) is 89.5 Å². The van der Waals surface area contributed by atoms with Gasteiger partial charge in [0.05, 0.1) is 16.6 Å². The van der Waals surface area contributed by atoms with E-state index in [0.29, 0.717) is 0 Å². The van der Waals surface area contributed by atoms with E-state index in [4.69, 9.17) is 10.2 Å². The highest BCUT2D eigenvalue weighted by Gasteiger charge is 2.26. The zero-order chi connectivity index (χ0) is 84.8. The van der Waals surface area contributed by atoms with Crippen molar-refractivity contribution in [2.75, 3.05) is 0 Å². The van der Waals surface area contributed by atoms with Crippen molar-refractivity contribution < 1.29 is 0 Å². The number of fused-ring (bicyclic) bond motifs is 28. The lowest BCUT2D eigenvalue weighted by Gasteiger charge is -2.18. The summed E-state index contributed by atoms with van der Waals surface area (Å²) < 4.78 is 14.7. The van der Waals surface area contributed by atoms with Crippen LogP contribution in [0, 0.1) is 0 Å². The molecular formula is C116H75N9S3. The predicted molar refractivity (Wildman–Crippen MR) is 542 cm³/mol. The second-order valence-electron chi connectivity index (χ2n) is 34.1. The third kappa shape index (κ3) is 12.4. The molecule has 0 saturated heterocycles. The number of rotatable bonds is 8. The number of hydrogen-bond donors (Lipinski definition) is 0. The Morgan fingerprint density at radius 3 is 0.906 bits per heavy atom. The van der Waals surface area contributed by atoms with Crippen LogP contribution >= 0.6 is 34.0 Å². The van der Waals surface area contributed by atoms with Gasteiger partial charge in [0.2, 0.25) is 0 Å². The molecule has 128 heavy (non-hydrogen) atoms. The molecule has 9 aromatic heterocycles. The van der Waals surface area contributed by atoms with E-state index < -0.39 is 0 Å². The van der Waals surface area contributed by atoms with Crippen molar-refractivity contribution in [2.45, 2.75) is 26.2 Å². The van der Waals surface area contributed by atoms with Gasteiger partial charge in [0.25, 0.3) is 0 Å². The Balaban J connectivity index is 0.000000104. The van der Waals surface area contributed by atoms with Gasteiger partial charge in [0, 0.05) is 109 Å². The summed E-state index contributed by atoms with van der Waals surface area (Å²) in [6.07, 6.45) is 0. The Bertz CT molecular complexity index is 9190. The SMILES string of the molecule is CC(C)(C)c1nnc2c3ccccc3c3cc(-c4ccc(-c5cccc6c5sc5ccccc56)cc4)ccc3n12.c1ccc(-c2nnc3c4ccccc4c4cc(-c5ccc(-c6cccc7c6sc6ccccc67)cc5)ccc4n23)cc1.c1ccc2cc(-c3nnc4c5ccccc5c5cc(-c6ccc(-c7cccc8c7sc7ccccc78)cc6)ccc5n34)ccc2c1. The molecule has 27 aromatic rings. The lowest BCUT2D eigenvalue weighted by Crippen LogP contribution is -2.16. The van der Waals surface area contributed by atoms with E-state index in [1.54, 1.807) is 0 Å². The standard InChI is InChI=1S/C42H25N3S.C38H23N3S.C36H27N3S/c1-2-9-29-24-31(21-18-26(29)8-1)41-43-44-42-36-12-4-3-10-33(36)37-25-30(22-23-38(37)45(41)42)27-16-19-28(20-17-27)32-13-7-14-35-34-11-5-6-15-39(34)46-40(32)35;1-2-9-26(10-3-1)37-39-40-38-32-13-5-4-11-29(32)33-23-27(21-22-34(33)41(37)38)24-17-19-25(20-18-24)28-14-8-15-31-30-12-6-7-16-35(30)42-36(28)31;1-36(2,3)35-38-37-34-29-11-5-4-9-26(29)30-21-24(19-20-31(30)39(34)35)22-15-17-23(18-16-22)25-12-8-13-28-27-10-6-7-14-32(27)40-33(25)28/h1-25H;1-23H;4-21H,1-3H3. The molecule has 0 amide bonds. The molecule has 27 rings (SSSR count). The molecule has 0 aliphatic heterocycles. The van der Waals surface area contributed by atoms with Gasteiger partial charge in [-0.05, 0) is 154 Å². The second kappa shape index (κ2) is 30.0. The van der Waals surface area contributed by atoms with E-state index in [0.717, 1.165) is 78.3 Å². The molecular weight excluding hydrogens is 1620 g/mol. The maximum Gasteiger partial charge on any atom is 0.169 e. The summed E-state index contributed by atoms with van der Waals surface area (Å²) in [4.78, 5) is 0. The summed E-state index contributed by atoms with van der Waals surface area (Å²) in [5, 5.41) is 48.9. The molecule has 0 aliphatic rings. The van der Waals surface area contributed by atoms with Crippen LogP contribution in [0.5, 0.6) is 0 Å². The van der Waals surface area contributed by atoms with Gasteiger partial charge in [0.1, 0.15) is 5.82 Å². The lowest BCUT2D eigenvalue weighted by atomic mass is 9.94. The van der Waals surface area contributed by atoms with Crippen LogP contribution in [0.25, 0.3) is 243 Å². The molecule has 12 heteroatoms. The third-order valence-electron chi connectivity index (χ3n) is 25.6. The maximum atomic E-state index is 4.74. The van der Waals surface area contributed by atoms with E-state index in [9.17, 15) is 0 Å². The quantitative estimate of drug-likeness (QED) is 0.141. The Morgan fingerprint density at radius 2 is 0.500 bits per heavy atom. The topological polar surface area (TPSA) is 90.6 Å². The minimum absolute atomic E-state index is 0.124. The first-order chi connectivity index (χ1) is 63.1. The summed E-state index contributed by atoms with van der Waals surface area (Å²) in [6.45, 7) is 6.58. The molecule has 0 spiro atoms. The Labute approximate surface area is 747 Å². The first kappa shape index (κ1) is 74.9. The third-order valence-corrected chi connectivity index (χ3v) is 29.2. The molecule has 0 N–H and O–H groups in total. The molecule has 9 nitrogen and oxygen atoms in total. The Morgan fingerprint density at radius 1 is 0.195 bits per heavy atom. The molecule has 0 atom stereocenters. The summed E-state index contributed by atoms with van der Waals surface area (Å²) in [7, 11) is 0. The average Bonchev–Trinajstić information content (AvgIpc) is 1.27. The minimum atomic E-state index is -0.124. The van der Waals surface area contributed by atoms with Gasteiger partial charge in [0.15, 0.2) is 28.6 Å². The zero-order valence-corrected chi connectivity index (χ0v) is 72.3. The first-order valence-electron chi connectivity index (χ1n) is 43.3. The smallest absolute Gasteiger partial charge is 0.169 e. The van der Waals surface area contributed by atoms with Gasteiger partial charge in [-0.15, -0.1) is 64.6 Å². The number of aromatic nitrogens is 9. The first-order valence-corrected chi connectivity index (χ1v) is 45.7. The fraction of sp³-hybridized carbons (Fsp3) is 0.0345. The molecule has 0 aliphatic carbocycles. The van der Waals surface area contributed by atoms with Gasteiger partial charge in [-0.3, -0.25) is 13.2 Å². The van der Waals surface area contributed by atoms with Crippen LogP contribution in [0.4, 0.5) is 0 Å². The summed E-state index contributed by atoms with van der Waals surface area (Å²) in [5.41, 5.74) is 22.7. The van der Waals surface area contributed by atoms with Crippen LogP contribution in [0.1, 0.15) is 26.6 Å². The van der Waals surface area contributed by atoms with Gasteiger partial charge in [-0.2, -0.15) is 0 Å². The highest BCUT2D eigenvalue weighted by Crippen LogP contribution is 2.47. The van der Waals surface area contributed by atoms with E-state index in [1.807, 2.05) is 52.2 Å². The molecule has 0 fully saturated rings. The molecule has 0 radical (unpaired) electrons. The van der Waals surface area contributed by atoms with Crippen molar-refractivity contribution >= 4 is 187 Å². The van der Waals surface area contributed by atoms with Crippen molar-refractivity contribution in [3.05, 3.63) is 406 Å². The van der Waals surface area contributed by atoms with Crippen LogP contribution in [0.3, 0.4) is 0 Å². The molecule has 0 saturated carbocycles. The summed E-state index contributed by atoms with van der Waals surface area (Å²) in [6, 6.07) is 144. The zero-order valence-electron chi connectivity index (χ0n) is 69.9. The average molecular weight is 1690 g/mol. The van der Waals surface area contributed by atoms with E-state index in [-0.39, 0.29) is 5.41 Å². The number of thiophene rings is 3. The van der Waals surface area contributed by atoms with Crippen molar-refractivity contribution in [1.82, 2.24) is 43.8 Å². The fourth-order valence-electron chi connectivity index (χ4n) is 19.4. The van der Waals surface area contributed by atoms with Crippen molar-refractivity contribution in [2.24, 2.45) is 0 Å². The van der Waals surface area contributed by atoms with Crippen molar-refractivity contribution in [3.63, 3.8) is 0 Å². The normalized spacial score (nSPS) is 12.0. The van der Waals surface area contributed by atoms with E-state index in [1.165, 1.54) is 170 Å². The summed E-state index contributed by atoms with van der Waals surface area (Å²) >= 11 is 5.63. The highest BCUT2D eigenvalue weighted by atomic mass is 32.1. The Kier molecular flexibility index (Phi) is 17.6. The van der Waals surface area contributed by atoms with Crippen LogP contribution < -0.4 is 0 Å². The lowest BCUT2D eigenvalue weighted by molar-refractivity contribution is 0.541. The summed E-state index contributed by atoms with van der Waals surface area (Å²) in [5.74, 6) is 2.68. The van der Waals surface area contributed by atoms with Crippen LogP contribution in [-0.2, 0) is 5.41 Å². The van der Waals surface area contributed by atoms with Crippen LogP contribution in [0.2, 0.25) is 0 Å². The molecule has 602 valence electrons. The van der Waals surface area contributed by atoms with Crippen LogP contribution in [0.15, 0.2) is 400 Å². The monoisotopic (exact) mass is 1690 g/mol. The minimum Gasteiger partial charge on any atom is -0.278 e. The van der Waals surface area contributed by atoms with E-state index >= 15 is 0 Å². The molecule has 0 bridgehead atoms. The van der Waals surface area contributed by atoms with Gasteiger partial charge in [-0.25, -0.2) is 0 Å². The number of hydrogen-bond acceptors (Lipinski definition) is 9. The molecule has 9 heterocycles. The largest absolute Gasteiger partial charge is 0.278 e. The van der Waals surface area contributed by atoms with Gasteiger partial charge in [-0.1, -0.05) is 360 Å². The Hall–Kier alpha value is -15.7. The fourth-order valence-corrected chi connectivity index (χ4v) is 23.1. The van der Waals surface area contributed by atoms with Gasteiger partial charge >= 0.3 is 0 Å². The maximum absolute atomic E-state index is 4.74. The second-order valence-corrected chi connectivity index (χ2v) is 37.3. The molecule has 0 unspecified atom stereocenters.